The number of benzene rings is 1. The van der Waals surface area contributed by atoms with Gasteiger partial charge in [-0.05, 0) is 38.1 Å². The molecule has 2 heterocycles. The van der Waals surface area contributed by atoms with E-state index in [2.05, 4.69) is 4.98 Å². The zero-order valence-electron chi connectivity index (χ0n) is 13.3. The van der Waals surface area contributed by atoms with E-state index in [1.807, 2.05) is 31.2 Å². The Labute approximate surface area is 149 Å². The second-order valence-electron chi connectivity index (χ2n) is 5.17. The summed E-state index contributed by atoms with van der Waals surface area (Å²) in [6, 6.07) is 9.41. The Hall–Kier alpha value is -1.98. The average Bonchev–Trinajstić information content (AvgIpc) is 2.94. The number of aryl methyl sites for hydroxylation is 1. The molecule has 0 atom stereocenters. The lowest BCUT2D eigenvalue weighted by molar-refractivity contribution is 0.0488. The van der Waals surface area contributed by atoms with Gasteiger partial charge in [-0.25, -0.2) is 4.79 Å². The molecule has 3 aromatic rings. The van der Waals surface area contributed by atoms with Crippen LogP contribution in [-0.4, -0.2) is 17.6 Å². The van der Waals surface area contributed by atoms with Gasteiger partial charge >= 0.3 is 5.97 Å². The molecule has 0 saturated heterocycles. The van der Waals surface area contributed by atoms with Crippen LogP contribution in [0.25, 0.3) is 10.9 Å². The fourth-order valence-electron chi connectivity index (χ4n) is 2.34. The molecule has 0 aliphatic rings. The Morgan fingerprint density at radius 2 is 2.17 bits per heavy atom. The smallest absolute Gasteiger partial charge is 0.374 e. The summed E-state index contributed by atoms with van der Waals surface area (Å²) in [4.78, 5) is 17.2. The van der Waals surface area contributed by atoms with Crippen LogP contribution >= 0.6 is 23.4 Å². The molecule has 0 radical (unpaired) electrons. The summed E-state index contributed by atoms with van der Waals surface area (Å²) in [5.41, 5.74) is 1.84. The maximum absolute atomic E-state index is 11.7. The number of thioether (sulfide) groups is 1. The average molecular weight is 362 g/mol. The highest BCUT2D eigenvalue weighted by Gasteiger charge is 2.15. The predicted octanol–water partition coefficient (Wildman–Crippen LogP) is 5.26. The van der Waals surface area contributed by atoms with E-state index >= 15 is 0 Å². The van der Waals surface area contributed by atoms with Crippen LogP contribution in [0.4, 0.5) is 0 Å². The van der Waals surface area contributed by atoms with Gasteiger partial charge in [-0.1, -0.05) is 17.7 Å². The molecule has 2 aromatic heterocycles. The minimum absolute atomic E-state index is 0.247. The van der Waals surface area contributed by atoms with Crippen molar-refractivity contribution in [1.82, 2.24) is 4.98 Å². The standard InChI is InChI=1S/C18H16ClNO3S/c1-3-22-18(21)16-8-12(11(2)23-16)10-24-17-6-7-20-15-9-13(19)4-5-14(15)17/h4-9H,3,10H2,1-2H3. The van der Waals surface area contributed by atoms with Crippen molar-refractivity contribution in [2.75, 3.05) is 6.61 Å². The summed E-state index contributed by atoms with van der Waals surface area (Å²) < 4.78 is 10.5. The Morgan fingerprint density at radius 1 is 1.33 bits per heavy atom. The zero-order valence-corrected chi connectivity index (χ0v) is 14.9. The lowest BCUT2D eigenvalue weighted by Gasteiger charge is -2.05. The van der Waals surface area contributed by atoms with Crippen LogP contribution in [0.3, 0.4) is 0 Å². The molecule has 0 unspecified atom stereocenters. The molecule has 0 fully saturated rings. The minimum Gasteiger partial charge on any atom is -0.460 e. The highest BCUT2D eigenvalue weighted by Crippen LogP contribution is 2.32. The number of aromatic nitrogens is 1. The first-order valence-corrected chi connectivity index (χ1v) is 8.88. The maximum atomic E-state index is 11.7. The van der Waals surface area contributed by atoms with E-state index in [1.165, 1.54) is 0 Å². The fraction of sp³-hybridized carbons (Fsp3) is 0.222. The van der Waals surface area contributed by atoms with Crippen molar-refractivity contribution in [1.29, 1.82) is 0 Å². The summed E-state index contributed by atoms with van der Waals surface area (Å²) in [6.45, 7) is 3.95. The number of rotatable bonds is 5. The van der Waals surface area contributed by atoms with Crippen molar-refractivity contribution in [2.45, 2.75) is 24.5 Å². The summed E-state index contributed by atoms with van der Waals surface area (Å²) in [5, 5.41) is 1.72. The Balaban J connectivity index is 1.80. The summed E-state index contributed by atoms with van der Waals surface area (Å²) >= 11 is 7.69. The van der Waals surface area contributed by atoms with E-state index in [-0.39, 0.29) is 5.76 Å². The van der Waals surface area contributed by atoms with Gasteiger partial charge in [0.05, 0.1) is 12.1 Å². The van der Waals surface area contributed by atoms with E-state index in [9.17, 15) is 4.79 Å². The van der Waals surface area contributed by atoms with Crippen LogP contribution in [0.2, 0.25) is 5.02 Å². The number of esters is 1. The van der Waals surface area contributed by atoms with Gasteiger partial charge in [0.1, 0.15) is 5.76 Å². The molecular weight excluding hydrogens is 346 g/mol. The number of carbonyl (C=O) groups excluding carboxylic acids is 1. The number of nitrogens with zero attached hydrogens (tertiary/aromatic N) is 1. The largest absolute Gasteiger partial charge is 0.460 e. The molecule has 0 bridgehead atoms. The van der Waals surface area contributed by atoms with Crippen molar-refractivity contribution in [3.05, 3.63) is 58.6 Å². The third-order valence-corrected chi connectivity index (χ3v) is 4.90. The number of hydrogen-bond acceptors (Lipinski definition) is 5. The second kappa shape index (κ2) is 7.28. The normalized spacial score (nSPS) is 11.0. The Morgan fingerprint density at radius 3 is 2.96 bits per heavy atom. The third kappa shape index (κ3) is 3.57. The molecule has 1 aromatic carbocycles. The first-order chi connectivity index (χ1) is 11.6. The first kappa shape index (κ1) is 16.9. The van der Waals surface area contributed by atoms with Crippen LogP contribution in [0.5, 0.6) is 0 Å². The quantitative estimate of drug-likeness (QED) is 0.458. The number of fused-ring (bicyclic) bond motifs is 1. The SMILES string of the molecule is CCOC(=O)c1cc(CSc2ccnc3cc(Cl)ccc23)c(C)o1. The monoisotopic (exact) mass is 361 g/mol. The van der Waals surface area contributed by atoms with Crippen LogP contribution in [0.1, 0.15) is 28.8 Å². The van der Waals surface area contributed by atoms with Gasteiger partial charge in [0.15, 0.2) is 0 Å². The molecule has 124 valence electrons. The number of pyridine rings is 1. The molecule has 24 heavy (non-hydrogen) atoms. The third-order valence-electron chi connectivity index (χ3n) is 3.55. The van der Waals surface area contributed by atoms with Gasteiger partial charge in [0, 0.05) is 32.8 Å². The van der Waals surface area contributed by atoms with Crippen LogP contribution < -0.4 is 0 Å². The Kier molecular flexibility index (Phi) is 5.11. The van der Waals surface area contributed by atoms with Crippen LogP contribution in [0, 0.1) is 6.92 Å². The van der Waals surface area contributed by atoms with Crippen molar-refractivity contribution in [3.63, 3.8) is 0 Å². The highest BCUT2D eigenvalue weighted by atomic mass is 35.5. The van der Waals surface area contributed by atoms with E-state index in [1.54, 1.807) is 30.9 Å². The lowest BCUT2D eigenvalue weighted by Crippen LogP contribution is -2.02. The number of halogens is 1. The van der Waals surface area contributed by atoms with Gasteiger partial charge in [-0.3, -0.25) is 4.98 Å². The number of furan rings is 1. The van der Waals surface area contributed by atoms with Crippen LogP contribution in [-0.2, 0) is 10.5 Å². The molecule has 0 amide bonds. The molecular formula is C18H16ClNO3S. The Bertz CT molecular complexity index is 891. The van der Waals surface area contributed by atoms with Crippen molar-refractivity contribution >= 4 is 40.2 Å². The van der Waals surface area contributed by atoms with E-state index in [0.29, 0.717) is 17.4 Å². The predicted molar refractivity (Wildman–Crippen MR) is 95.7 cm³/mol. The van der Waals surface area contributed by atoms with Crippen molar-refractivity contribution < 1.29 is 13.9 Å². The first-order valence-electron chi connectivity index (χ1n) is 7.52. The summed E-state index contributed by atoms with van der Waals surface area (Å²) in [7, 11) is 0. The van der Waals surface area contributed by atoms with E-state index < -0.39 is 5.97 Å². The topological polar surface area (TPSA) is 52.3 Å². The van der Waals surface area contributed by atoms with E-state index in [4.69, 9.17) is 20.8 Å². The number of carbonyl (C=O) groups is 1. The molecule has 0 N–H and O–H groups in total. The minimum atomic E-state index is -0.430. The number of ether oxygens (including phenoxy) is 1. The van der Waals surface area contributed by atoms with Gasteiger partial charge in [0.2, 0.25) is 5.76 Å². The van der Waals surface area contributed by atoms with Crippen LogP contribution in [0.15, 0.2) is 45.8 Å². The highest BCUT2D eigenvalue weighted by molar-refractivity contribution is 7.98. The van der Waals surface area contributed by atoms with Gasteiger partial charge in [-0.15, -0.1) is 11.8 Å². The molecule has 3 rings (SSSR count). The molecule has 4 nitrogen and oxygen atoms in total. The molecule has 0 saturated carbocycles. The molecule has 0 aliphatic heterocycles. The maximum Gasteiger partial charge on any atom is 0.374 e. The molecule has 0 spiro atoms. The fourth-order valence-corrected chi connectivity index (χ4v) is 3.59. The van der Waals surface area contributed by atoms with Gasteiger partial charge in [-0.2, -0.15) is 0 Å². The summed E-state index contributed by atoms with van der Waals surface area (Å²) in [5.74, 6) is 1.24. The molecule has 6 heteroatoms. The van der Waals surface area contributed by atoms with Gasteiger partial charge < -0.3 is 9.15 Å². The summed E-state index contributed by atoms with van der Waals surface area (Å²) in [6.07, 6.45) is 1.77. The van der Waals surface area contributed by atoms with Gasteiger partial charge in [0.25, 0.3) is 0 Å². The number of hydrogen-bond donors (Lipinski definition) is 0. The molecule has 0 aliphatic carbocycles. The lowest BCUT2D eigenvalue weighted by atomic mass is 10.2. The zero-order chi connectivity index (χ0) is 17.1. The van der Waals surface area contributed by atoms with Crippen molar-refractivity contribution in [2.24, 2.45) is 0 Å². The van der Waals surface area contributed by atoms with Crippen molar-refractivity contribution in [3.8, 4) is 0 Å². The van der Waals surface area contributed by atoms with E-state index in [0.717, 1.165) is 27.1 Å². The second-order valence-corrected chi connectivity index (χ2v) is 6.63.